The largest absolute Gasteiger partial charge is 0.274 e. The monoisotopic (exact) mass is 395 g/mol. The molecule has 2 amide bonds. The van der Waals surface area contributed by atoms with Crippen LogP contribution in [0, 0.1) is 23.3 Å². The van der Waals surface area contributed by atoms with Crippen LogP contribution < -0.4 is 0 Å². The lowest BCUT2D eigenvalue weighted by Crippen LogP contribution is -2.38. The number of nitrogens with zero attached hydrogens (tertiary/aromatic N) is 1. The second-order valence-corrected chi connectivity index (χ2v) is 6.42. The number of imide groups is 1. The summed E-state index contributed by atoms with van der Waals surface area (Å²) in [6.07, 6.45) is 3.94. The molecule has 0 heterocycles. The van der Waals surface area contributed by atoms with Crippen LogP contribution in [0.2, 0.25) is 0 Å². The molecule has 0 aliphatic carbocycles. The molecule has 0 atom stereocenters. The van der Waals surface area contributed by atoms with Gasteiger partial charge in [-0.15, -0.1) is 0 Å². The molecule has 150 valence electrons. The number of hydrogen-bond donors (Lipinski definition) is 0. The average Bonchev–Trinajstić information content (AvgIpc) is 2.67. The Bertz CT molecular complexity index is 791. The lowest BCUT2D eigenvalue weighted by molar-refractivity contribution is 0.0607. The van der Waals surface area contributed by atoms with Gasteiger partial charge in [0.15, 0.2) is 0 Å². The van der Waals surface area contributed by atoms with Crippen molar-refractivity contribution in [1.29, 1.82) is 0 Å². The minimum atomic E-state index is -1.10. The van der Waals surface area contributed by atoms with Gasteiger partial charge in [-0.3, -0.25) is 14.5 Å². The molecule has 0 unspecified atom stereocenters. The van der Waals surface area contributed by atoms with E-state index in [4.69, 9.17) is 0 Å². The zero-order valence-corrected chi connectivity index (χ0v) is 15.5. The van der Waals surface area contributed by atoms with E-state index in [2.05, 4.69) is 0 Å². The van der Waals surface area contributed by atoms with Gasteiger partial charge in [-0.2, -0.15) is 0 Å². The number of halogens is 4. The van der Waals surface area contributed by atoms with Gasteiger partial charge in [0.25, 0.3) is 11.8 Å². The molecule has 0 aliphatic rings. The number of hydrogen-bond acceptors (Lipinski definition) is 2. The zero-order chi connectivity index (χ0) is 20.7. The van der Waals surface area contributed by atoms with E-state index >= 15 is 0 Å². The number of benzene rings is 2. The molecule has 0 radical (unpaired) electrons. The molecule has 0 N–H and O–H groups in total. The fraction of sp³-hybridized carbons (Fsp3) is 0.333. The number of carbonyl (C=O) groups is 2. The van der Waals surface area contributed by atoms with Crippen LogP contribution in [0.25, 0.3) is 0 Å². The Hall–Kier alpha value is -2.70. The van der Waals surface area contributed by atoms with Gasteiger partial charge in [-0.1, -0.05) is 32.6 Å². The lowest BCUT2D eigenvalue weighted by atomic mass is 10.1. The first-order valence-corrected chi connectivity index (χ1v) is 9.11. The molecule has 0 saturated carbocycles. The van der Waals surface area contributed by atoms with E-state index < -0.39 is 46.2 Å². The van der Waals surface area contributed by atoms with Gasteiger partial charge >= 0.3 is 0 Å². The van der Waals surface area contributed by atoms with Gasteiger partial charge in [-0.25, -0.2) is 17.6 Å². The minimum Gasteiger partial charge on any atom is -0.274 e. The summed E-state index contributed by atoms with van der Waals surface area (Å²) in [5.41, 5.74) is -1.28. The normalized spacial score (nSPS) is 10.8. The molecule has 0 spiro atoms. The zero-order valence-electron chi connectivity index (χ0n) is 15.5. The van der Waals surface area contributed by atoms with Crippen LogP contribution in [0.15, 0.2) is 36.4 Å². The third-order valence-electron chi connectivity index (χ3n) is 4.29. The lowest BCUT2D eigenvalue weighted by Gasteiger charge is -2.22. The summed E-state index contributed by atoms with van der Waals surface area (Å²) in [5.74, 6) is -5.90. The van der Waals surface area contributed by atoms with Gasteiger partial charge in [0, 0.05) is 6.54 Å². The topological polar surface area (TPSA) is 37.4 Å². The summed E-state index contributed by atoms with van der Waals surface area (Å²) in [4.78, 5) is 26.1. The van der Waals surface area contributed by atoms with E-state index in [0.717, 1.165) is 43.5 Å². The van der Waals surface area contributed by atoms with E-state index in [1.165, 1.54) is 0 Å². The van der Waals surface area contributed by atoms with Crippen LogP contribution in [-0.4, -0.2) is 23.3 Å². The number of rotatable bonds is 8. The van der Waals surface area contributed by atoms with Gasteiger partial charge in [-0.05, 0) is 42.8 Å². The highest BCUT2D eigenvalue weighted by Gasteiger charge is 2.28. The van der Waals surface area contributed by atoms with Crippen LogP contribution >= 0.6 is 0 Å². The third-order valence-corrected chi connectivity index (χ3v) is 4.29. The van der Waals surface area contributed by atoms with Crippen molar-refractivity contribution in [3.63, 3.8) is 0 Å². The summed E-state index contributed by atoms with van der Waals surface area (Å²) in [7, 11) is 0. The molecule has 0 aliphatic heterocycles. The fourth-order valence-corrected chi connectivity index (χ4v) is 2.78. The summed E-state index contributed by atoms with van der Waals surface area (Å²) < 4.78 is 55.0. The second-order valence-electron chi connectivity index (χ2n) is 6.42. The van der Waals surface area contributed by atoms with Crippen molar-refractivity contribution >= 4 is 11.8 Å². The van der Waals surface area contributed by atoms with Crippen molar-refractivity contribution < 1.29 is 27.2 Å². The van der Waals surface area contributed by atoms with E-state index in [1.54, 1.807) is 0 Å². The highest BCUT2D eigenvalue weighted by molar-refractivity contribution is 6.10. The van der Waals surface area contributed by atoms with Crippen molar-refractivity contribution in [1.82, 2.24) is 4.90 Å². The smallest absolute Gasteiger partial charge is 0.263 e. The van der Waals surface area contributed by atoms with E-state index in [-0.39, 0.29) is 6.54 Å². The highest BCUT2D eigenvalue weighted by Crippen LogP contribution is 2.18. The quantitative estimate of drug-likeness (QED) is 0.336. The Morgan fingerprint density at radius 1 is 0.750 bits per heavy atom. The second kappa shape index (κ2) is 10.0. The first kappa shape index (κ1) is 21.6. The van der Waals surface area contributed by atoms with E-state index in [9.17, 15) is 27.2 Å². The predicted octanol–water partition coefficient (Wildman–Crippen LogP) is 5.50. The minimum absolute atomic E-state index is 0.118. The number of amides is 2. The van der Waals surface area contributed by atoms with Crippen molar-refractivity contribution in [3.05, 3.63) is 70.8 Å². The predicted molar refractivity (Wildman–Crippen MR) is 96.8 cm³/mol. The van der Waals surface area contributed by atoms with E-state index in [1.807, 2.05) is 6.92 Å². The van der Waals surface area contributed by atoms with Crippen LogP contribution in [-0.2, 0) is 0 Å². The summed E-state index contributed by atoms with van der Waals surface area (Å²) >= 11 is 0. The molecule has 0 aromatic heterocycles. The van der Waals surface area contributed by atoms with Gasteiger partial charge < -0.3 is 0 Å². The molecule has 0 bridgehead atoms. The van der Waals surface area contributed by atoms with Crippen LogP contribution in [0.3, 0.4) is 0 Å². The van der Waals surface area contributed by atoms with Gasteiger partial charge in [0.2, 0.25) is 0 Å². The SMILES string of the molecule is CCCCCCCN(C(=O)c1cc(F)ccc1F)C(=O)c1cc(F)ccc1F. The molecule has 2 rings (SSSR count). The molecule has 2 aromatic rings. The van der Waals surface area contributed by atoms with Crippen molar-refractivity contribution in [2.75, 3.05) is 6.54 Å². The van der Waals surface area contributed by atoms with Crippen molar-refractivity contribution in [2.45, 2.75) is 39.0 Å². The molecule has 0 fully saturated rings. The Morgan fingerprint density at radius 3 is 1.68 bits per heavy atom. The maximum absolute atomic E-state index is 14.0. The Morgan fingerprint density at radius 2 is 1.21 bits per heavy atom. The molecular formula is C21H21F4NO2. The van der Waals surface area contributed by atoms with Gasteiger partial charge in [0.1, 0.15) is 23.3 Å². The molecular weight excluding hydrogens is 374 g/mol. The van der Waals surface area contributed by atoms with Gasteiger partial charge in [0.05, 0.1) is 11.1 Å². The van der Waals surface area contributed by atoms with Crippen LogP contribution in [0.5, 0.6) is 0 Å². The molecule has 7 heteroatoms. The standard InChI is InChI=1S/C21H21F4NO2/c1-2-3-4-5-6-11-26(20(27)16-12-14(22)7-9-18(16)24)21(28)17-13-15(23)8-10-19(17)25/h7-10,12-13H,2-6,11H2,1H3. The number of carbonyl (C=O) groups excluding carboxylic acids is 2. The van der Waals surface area contributed by atoms with Crippen molar-refractivity contribution in [2.24, 2.45) is 0 Å². The highest BCUT2D eigenvalue weighted by atomic mass is 19.1. The van der Waals surface area contributed by atoms with Crippen LogP contribution in [0.1, 0.15) is 59.7 Å². The molecule has 2 aromatic carbocycles. The maximum atomic E-state index is 14.0. The fourth-order valence-electron chi connectivity index (χ4n) is 2.78. The Labute approximate surface area is 161 Å². The Kier molecular flexibility index (Phi) is 7.72. The summed E-state index contributed by atoms with van der Waals surface area (Å²) in [5, 5.41) is 0. The van der Waals surface area contributed by atoms with E-state index in [0.29, 0.717) is 29.9 Å². The third kappa shape index (κ3) is 5.41. The average molecular weight is 395 g/mol. The first-order chi connectivity index (χ1) is 13.3. The summed E-state index contributed by atoms with van der Waals surface area (Å²) in [6, 6.07) is 4.59. The van der Waals surface area contributed by atoms with Crippen LogP contribution in [0.4, 0.5) is 17.6 Å². The molecule has 0 saturated heterocycles. The maximum Gasteiger partial charge on any atom is 0.263 e. The van der Waals surface area contributed by atoms with Crippen molar-refractivity contribution in [3.8, 4) is 0 Å². The molecule has 28 heavy (non-hydrogen) atoms. The summed E-state index contributed by atoms with van der Waals surface area (Å²) in [6.45, 7) is 1.91. The Balaban J connectivity index is 2.32. The number of unbranched alkanes of at least 4 members (excludes halogenated alkanes) is 4. The first-order valence-electron chi connectivity index (χ1n) is 9.11. The molecule has 3 nitrogen and oxygen atoms in total.